The third-order valence-corrected chi connectivity index (χ3v) is 3.99. The number of rotatable bonds is 6. The molecular weight excluding hydrogens is 452 g/mol. The van der Waals surface area contributed by atoms with E-state index >= 15 is 0 Å². The molecule has 0 spiro atoms. The number of anilines is 3. The number of nitrogens with one attached hydrogen (secondary N) is 2. The lowest BCUT2D eigenvalue weighted by Gasteiger charge is -2.15. The SMILES string of the molecule is COc1cc(Nc2ncc(C(F)(F)F)c(NC3CC3)n2)ccc1OI. The van der Waals surface area contributed by atoms with Gasteiger partial charge >= 0.3 is 6.18 Å². The monoisotopic (exact) mass is 466 g/mol. The fourth-order valence-electron chi connectivity index (χ4n) is 2.12. The van der Waals surface area contributed by atoms with Crippen LogP contribution in [0.4, 0.5) is 30.6 Å². The molecule has 1 aromatic carbocycles. The van der Waals surface area contributed by atoms with Crippen molar-refractivity contribution in [3.05, 3.63) is 30.0 Å². The smallest absolute Gasteiger partial charge is 0.421 e. The van der Waals surface area contributed by atoms with Gasteiger partial charge in [0.2, 0.25) is 5.95 Å². The largest absolute Gasteiger partial charge is 0.493 e. The number of alkyl halides is 3. The van der Waals surface area contributed by atoms with E-state index in [1.165, 1.54) is 7.11 Å². The summed E-state index contributed by atoms with van der Waals surface area (Å²) in [5.74, 6) is 0.841. The zero-order chi connectivity index (χ0) is 18.0. The van der Waals surface area contributed by atoms with Crippen molar-refractivity contribution in [3.63, 3.8) is 0 Å². The van der Waals surface area contributed by atoms with Gasteiger partial charge in [-0.05, 0) is 25.0 Å². The summed E-state index contributed by atoms with van der Waals surface area (Å²) in [6.45, 7) is 0. The van der Waals surface area contributed by atoms with Crippen molar-refractivity contribution < 1.29 is 21.0 Å². The molecular formula is C15H14F3IN4O2. The van der Waals surface area contributed by atoms with E-state index in [2.05, 4.69) is 20.6 Å². The zero-order valence-electron chi connectivity index (χ0n) is 13.0. The molecule has 1 heterocycles. The Morgan fingerprint density at radius 2 is 2.00 bits per heavy atom. The van der Waals surface area contributed by atoms with E-state index in [0.717, 1.165) is 19.0 Å². The fraction of sp³-hybridized carbons (Fsp3) is 0.333. The third kappa shape index (κ3) is 4.35. The van der Waals surface area contributed by atoms with Crippen molar-refractivity contribution in [1.82, 2.24) is 9.97 Å². The van der Waals surface area contributed by atoms with E-state index in [4.69, 9.17) is 7.80 Å². The molecule has 3 rings (SSSR count). The van der Waals surface area contributed by atoms with Gasteiger partial charge in [-0.3, -0.25) is 0 Å². The van der Waals surface area contributed by atoms with E-state index in [9.17, 15) is 13.2 Å². The molecule has 134 valence electrons. The molecule has 1 aliphatic rings. The number of nitrogens with zero attached hydrogens (tertiary/aromatic N) is 2. The molecule has 2 N–H and O–H groups in total. The highest BCUT2D eigenvalue weighted by molar-refractivity contribution is 14.1. The predicted octanol–water partition coefficient (Wildman–Crippen LogP) is 4.55. The van der Waals surface area contributed by atoms with Crippen LogP contribution in [-0.4, -0.2) is 23.1 Å². The quantitative estimate of drug-likeness (QED) is 0.610. The number of aromatic nitrogens is 2. The lowest BCUT2D eigenvalue weighted by molar-refractivity contribution is -0.137. The summed E-state index contributed by atoms with van der Waals surface area (Å²) in [4.78, 5) is 7.76. The third-order valence-electron chi connectivity index (χ3n) is 3.52. The maximum atomic E-state index is 13.1. The molecule has 1 aromatic heterocycles. The Kier molecular flexibility index (Phi) is 5.06. The van der Waals surface area contributed by atoms with Crippen LogP contribution in [0, 0.1) is 0 Å². The lowest BCUT2D eigenvalue weighted by Crippen LogP contribution is -2.15. The van der Waals surface area contributed by atoms with Gasteiger partial charge in [-0.25, -0.2) is 4.98 Å². The molecule has 25 heavy (non-hydrogen) atoms. The number of ether oxygens (including phenoxy) is 1. The first kappa shape index (κ1) is 17.8. The van der Waals surface area contributed by atoms with Gasteiger partial charge in [-0.15, -0.1) is 0 Å². The average molecular weight is 466 g/mol. The van der Waals surface area contributed by atoms with Gasteiger partial charge in [0.1, 0.15) is 11.4 Å². The fourth-order valence-corrected chi connectivity index (χ4v) is 2.48. The average Bonchev–Trinajstić information content (AvgIpc) is 3.38. The normalized spacial score (nSPS) is 14.1. The Morgan fingerprint density at radius 3 is 2.60 bits per heavy atom. The van der Waals surface area contributed by atoms with Gasteiger partial charge < -0.3 is 18.4 Å². The molecule has 0 unspecified atom stereocenters. The maximum absolute atomic E-state index is 13.1. The van der Waals surface area contributed by atoms with Gasteiger partial charge in [0.25, 0.3) is 0 Å². The maximum Gasteiger partial charge on any atom is 0.421 e. The van der Waals surface area contributed by atoms with Gasteiger partial charge in [-0.2, -0.15) is 18.2 Å². The van der Waals surface area contributed by atoms with Crippen LogP contribution in [0.15, 0.2) is 24.4 Å². The van der Waals surface area contributed by atoms with Crippen LogP contribution in [0.5, 0.6) is 11.5 Å². The van der Waals surface area contributed by atoms with Crippen LogP contribution in [0.2, 0.25) is 0 Å². The first-order valence-electron chi connectivity index (χ1n) is 7.35. The van der Waals surface area contributed by atoms with Gasteiger partial charge in [0.05, 0.1) is 7.11 Å². The zero-order valence-corrected chi connectivity index (χ0v) is 15.2. The Hall–Kier alpha value is -1.98. The molecule has 0 saturated heterocycles. The Balaban J connectivity index is 1.87. The van der Waals surface area contributed by atoms with E-state index in [1.807, 2.05) is 0 Å². The first-order valence-corrected chi connectivity index (χ1v) is 8.23. The molecule has 0 atom stereocenters. The van der Waals surface area contributed by atoms with Crippen molar-refractivity contribution in [2.45, 2.75) is 25.1 Å². The minimum Gasteiger partial charge on any atom is -0.493 e. The van der Waals surface area contributed by atoms with Crippen molar-refractivity contribution in [3.8, 4) is 11.5 Å². The van der Waals surface area contributed by atoms with Crippen LogP contribution in [0.3, 0.4) is 0 Å². The van der Waals surface area contributed by atoms with E-state index in [0.29, 0.717) is 17.2 Å². The second-order valence-electron chi connectivity index (χ2n) is 5.44. The number of benzene rings is 1. The summed E-state index contributed by atoms with van der Waals surface area (Å²) in [6, 6.07) is 5.03. The van der Waals surface area contributed by atoms with E-state index < -0.39 is 11.7 Å². The molecule has 0 bridgehead atoms. The van der Waals surface area contributed by atoms with Crippen molar-refractivity contribution in [2.75, 3.05) is 17.7 Å². The summed E-state index contributed by atoms with van der Waals surface area (Å²) in [6.07, 6.45) is -2.07. The van der Waals surface area contributed by atoms with Crippen molar-refractivity contribution in [1.29, 1.82) is 0 Å². The van der Waals surface area contributed by atoms with Gasteiger partial charge in [0, 0.05) is 24.0 Å². The number of methoxy groups -OCH3 is 1. The van der Waals surface area contributed by atoms with Crippen LogP contribution >= 0.6 is 23.0 Å². The summed E-state index contributed by atoms with van der Waals surface area (Å²) in [7, 11) is 1.49. The van der Waals surface area contributed by atoms with Crippen molar-refractivity contribution >= 4 is 40.5 Å². The molecule has 10 heteroatoms. The summed E-state index contributed by atoms with van der Waals surface area (Å²) in [5.41, 5.74) is -0.317. The molecule has 0 amide bonds. The highest BCUT2D eigenvalue weighted by Gasteiger charge is 2.36. The van der Waals surface area contributed by atoms with Crippen LogP contribution < -0.4 is 18.4 Å². The van der Waals surface area contributed by atoms with Crippen molar-refractivity contribution in [2.24, 2.45) is 0 Å². The molecule has 1 fully saturated rings. The number of hydrogen-bond acceptors (Lipinski definition) is 6. The Bertz CT molecular complexity index is 769. The molecule has 6 nitrogen and oxygen atoms in total. The number of halogens is 4. The van der Waals surface area contributed by atoms with Crippen LogP contribution in [-0.2, 0) is 6.18 Å². The van der Waals surface area contributed by atoms with E-state index in [1.54, 1.807) is 41.2 Å². The summed E-state index contributed by atoms with van der Waals surface area (Å²) >= 11 is 1.73. The van der Waals surface area contributed by atoms with Crippen LogP contribution in [0.1, 0.15) is 18.4 Å². The predicted molar refractivity (Wildman–Crippen MR) is 94.6 cm³/mol. The number of hydrogen-bond donors (Lipinski definition) is 2. The lowest BCUT2D eigenvalue weighted by atomic mass is 10.2. The van der Waals surface area contributed by atoms with Crippen LogP contribution in [0.25, 0.3) is 0 Å². The summed E-state index contributed by atoms with van der Waals surface area (Å²) in [5, 5.41) is 5.68. The standard InChI is InChI=1S/C15H14F3IN4O2/c1-24-12-6-9(4-5-11(12)25-19)22-14-20-7-10(15(16,17)18)13(23-14)21-8-2-3-8/h4-8H,2-3H2,1H3,(H2,20,21,22,23). The molecule has 1 saturated carbocycles. The second kappa shape index (κ2) is 7.10. The molecule has 0 aliphatic heterocycles. The highest BCUT2D eigenvalue weighted by Crippen LogP contribution is 2.37. The minimum absolute atomic E-state index is 0.0315. The minimum atomic E-state index is -4.52. The molecule has 1 aliphatic carbocycles. The molecule has 0 radical (unpaired) electrons. The summed E-state index contributed by atoms with van der Waals surface area (Å²) < 4.78 is 49.6. The topological polar surface area (TPSA) is 68.3 Å². The highest BCUT2D eigenvalue weighted by atomic mass is 127. The Morgan fingerprint density at radius 1 is 1.24 bits per heavy atom. The Labute approximate surface area is 155 Å². The molecule has 2 aromatic rings. The van der Waals surface area contributed by atoms with Gasteiger partial charge in [-0.1, -0.05) is 0 Å². The second-order valence-corrected chi connectivity index (χ2v) is 5.88. The van der Waals surface area contributed by atoms with E-state index in [-0.39, 0.29) is 17.8 Å². The first-order chi connectivity index (χ1) is 11.9. The van der Waals surface area contributed by atoms with Gasteiger partial charge in [0.15, 0.2) is 34.5 Å².